The third kappa shape index (κ3) is 2.81. The van der Waals surface area contributed by atoms with Gasteiger partial charge in [0.05, 0.1) is 0 Å². The fourth-order valence-electron chi connectivity index (χ4n) is 3.49. The van der Waals surface area contributed by atoms with Gasteiger partial charge in [-0.3, -0.25) is 4.79 Å². The number of aryl methyl sites for hydroxylation is 1. The Bertz CT molecular complexity index is 452. The van der Waals surface area contributed by atoms with Crippen LogP contribution in [0.4, 0.5) is 5.69 Å². The van der Waals surface area contributed by atoms with Crippen molar-refractivity contribution in [2.24, 2.45) is 0 Å². The van der Waals surface area contributed by atoms with Crippen LogP contribution in [0.3, 0.4) is 0 Å². The highest BCUT2D eigenvalue weighted by Crippen LogP contribution is 2.35. The van der Waals surface area contributed by atoms with Crippen LogP contribution in [-0.2, 0) is 11.2 Å². The second-order valence-corrected chi connectivity index (χ2v) is 5.77. The summed E-state index contributed by atoms with van der Waals surface area (Å²) in [6.45, 7) is 3.72. The van der Waals surface area contributed by atoms with Crippen molar-refractivity contribution < 1.29 is 4.79 Å². The number of likely N-dealkylation sites (tertiary alicyclic amines) is 1. The smallest absolute Gasteiger partial charge is 0.211 e. The Hall–Kier alpha value is -1.35. The molecule has 1 heterocycles. The van der Waals surface area contributed by atoms with Gasteiger partial charge in [-0.15, -0.1) is 0 Å². The lowest BCUT2D eigenvalue weighted by Gasteiger charge is -2.29. The van der Waals surface area contributed by atoms with Crippen LogP contribution in [0, 0.1) is 0 Å². The third-order valence-electron chi connectivity index (χ3n) is 4.50. The maximum atomic E-state index is 10.6. The number of fused-ring (bicyclic) bond motifs is 1. The predicted molar refractivity (Wildman–Crippen MR) is 77.5 cm³/mol. The summed E-state index contributed by atoms with van der Waals surface area (Å²) in [6.07, 6.45) is 7.31. The number of hydrogen-bond donors (Lipinski definition) is 1. The summed E-state index contributed by atoms with van der Waals surface area (Å²) in [5, 5.41) is 2.77. The molecule has 19 heavy (non-hydrogen) atoms. The molecule has 3 heteroatoms. The largest absolute Gasteiger partial charge is 0.329 e. The average Bonchev–Trinajstić information content (AvgIpc) is 2.83. The minimum atomic E-state index is 0.654. The number of nitrogens with one attached hydrogen (secondary N) is 1. The molecule has 1 unspecified atom stereocenters. The molecule has 0 bridgehead atoms. The van der Waals surface area contributed by atoms with Crippen molar-refractivity contribution in [1.82, 2.24) is 4.90 Å². The minimum Gasteiger partial charge on any atom is -0.329 e. The van der Waals surface area contributed by atoms with Crippen molar-refractivity contribution in [2.75, 3.05) is 25.0 Å². The van der Waals surface area contributed by atoms with Crippen LogP contribution in [-0.4, -0.2) is 30.9 Å². The first-order valence-electron chi connectivity index (χ1n) is 7.42. The van der Waals surface area contributed by atoms with Crippen molar-refractivity contribution >= 4 is 12.1 Å². The summed E-state index contributed by atoms with van der Waals surface area (Å²) < 4.78 is 0. The molecule has 0 spiro atoms. The Morgan fingerprint density at radius 2 is 2.11 bits per heavy atom. The lowest BCUT2D eigenvalue weighted by molar-refractivity contribution is -0.105. The van der Waals surface area contributed by atoms with E-state index in [9.17, 15) is 4.79 Å². The first kappa shape index (κ1) is 12.7. The molecule has 0 radical (unpaired) electrons. The van der Waals surface area contributed by atoms with E-state index in [1.165, 1.54) is 62.9 Å². The normalized spacial score (nSPS) is 23.1. The maximum absolute atomic E-state index is 10.6. The van der Waals surface area contributed by atoms with Crippen LogP contribution in [0.5, 0.6) is 0 Å². The van der Waals surface area contributed by atoms with Gasteiger partial charge >= 0.3 is 0 Å². The number of hydrogen-bond acceptors (Lipinski definition) is 2. The van der Waals surface area contributed by atoms with Crippen LogP contribution in [0.25, 0.3) is 0 Å². The Kier molecular flexibility index (Phi) is 3.83. The fraction of sp³-hybridized carbons (Fsp3) is 0.562. The molecular formula is C16H22N2O. The lowest BCUT2D eigenvalue weighted by atomic mass is 9.99. The molecular weight excluding hydrogens is 236 g/mol. The van der Waals surface area contributed by atoms with Gasteiger partial charge in [0.15, 0.2) is 0 Å². The van der Waals surface area contributed by atoms with Crippen molar-refractivity contribution in [3.8, 4) is 0 Å². The van der Waals surface area contributed by atoms with E-state index in [-0.39, 0.29) is 0 Å². The second-order valence-electron chi connectivity index (χ2n) is 5.77. The minimum absolute atomic E-state index is 0.654. The van der Waals surface area contributed by atoms with Crippen LogP contribution in [0.1, 0.15) is 42.7 Å². The number of piperidine rings is 1. The van der Waals surface area contributed by atoms with Gasteiger partial charge in [-0.2, -0.15) is 0 Å². The summed E-state index contributed by atoms with van der Waals surface area (Å²) in [4.78, 5) is 13.2. The zero-order chi connectivity index (χ0) is 13.1. The SMILES string of the molecule is O=CNc1ccc2c(c1)C(CN1CCCCC1)CC2. The molecule has 1 aromatic rings. The third-order valence-corrected chi connectivity index (χ3v) is 4.50. The fourth-order valence-corrected chi connectivity index (χ4v) is 3.49. The highest BCUT2D eigenvalue weighted by Gasteiger charge is 2.25. The molecule has 3 rings (SSSR count). The Balaban J connectivity index is 1.72. The first-order chi connectivity index (χ1) is 9.36. The van der Waals surface area contributed by atoms with Gasteiger partial charge < -0.3 is 10.2 Å². The zero-order valence-corrected chi connectivity index (χ0v) is 11.4. The van der Waals surface area contributed by atoms with Crippen molar-refractivity contribution in [1.29, 1.82) is 0 Å². The summed E-state index contributed by atoms with van der Waals surface area (Å²) in [7, 11) is 0. The average molecular weight is 258 g/mol. The van der Waals surface area contributed by atoms with E-state index in [1.807, 2.05) is 6.07 Å². The van der Waals surface area contributed by atoms with E-state index >= 15 is 0 Å². The second kappa shape index (κ2) is 5.74. The highest BCUT2D eigenvalue weighted by molar-refractivity contribution is 5.72. The summed E-state index contributed by atoms with van der Waals surface area (Å²) in [5.41, 5.74) is 3.86. The van der Waals surface area contributed by atoms with Crippen molar-refractivity contribution in [3.05, 3.63) is 29.3 Å². The van der Waals surface area contributed by atoms with Gasteiger partial charge in [-0.1, -0.05) is 12.5 Å². The van der Waals surface area contributed by atoms with Crippen LogP contribution >= 0.6 is 0 Å². The van der Waals surface area contributed by atoms with E-state index in [0.717, 1.165) is 12.1 Å². The zero-order valence-electron chi connectivity index (χ0n) is 11.4. The van der Waals surface area contributed by atoms with E-state index in [4.69, 9.17) is 0 Å². The van der Waals surface area contributed by atoms with Gasteiger partial charge in [0.1, 0.15) is 0 Å². The highest BCUT2D eigenvalue weighted by atomic mass is 16.1. The molecule has 0 aromatic heterocycles. The number of anilines is 1. The molecule has 1 aliphatic carbocycles. The number of carbonyl (C=O) groups is 1. The van der Waals surface area contributed by atoms with Gasteiger partial charge in [0.2, 0.25) is 6.41 Å². The Labute approximate surface area is 115 Å². The molecule has 102 valence electrons. The van der Waals surface area contributed by atoms with Crippen molar-refractivity contribution in [3.63, 3.8) is 0 Å². The predicted octanol–water partition coefficient (Wildman–Crippen LogP) is 2.77. The van der Waals surface area contributed by atoms with Crippen LogP contribution in [0.15, 0.2) is 18.2 Å². The Morgan fingerprint density at radius 3 is 2.89 bits per heavy atom. The van der Waals surface area contributed by atoms with E-state index in [2.05, 4.69) is 22.3 Å². The van der Waals surface area contributed by atoms with E-state index < -0.39 is 0 Å². The molecule has 3 nitrogen and oxygen atoms in total. The molecule has 1 saturated heterocycles. The molecule has 1 aromatic carbocycles. The van der Waals surface area contributed by atoms with Crippen LogP contribution in [0.2, 0.25) is 0 Å². The van der Waals surface area contributed by atoms with Gasteiger partial charge in [0, 0.05) is 12.2 Å². The van der Waals surface area contributed by atoms with E-state index in [0.29, 0.717) is 5.92 Å². The van der Waals surface area contributed by atoms with Gasteiger partial charge in [-0.05, 0) is 68.0 Å². The molecule has 2 aliphatic rings. The van der Waals surface area contributed by atoms with Gasteiger partial charge in [-0.25, -0.2) is 0 Å². The summed E-state index contributed by atoms with van der Waals surface area (Å²) in [6, 6.07) is 6.36. The standard InChI is InChI=1S/C16H22N2O/c19-12-17-15-7-6-13-4-5-14(16(13)10-15)11-18-8-2-1-3-9-18/h6-7,10,12,14H,1-5,8-9,11H2,(H,17,19). The number of carbonyl (C=O) groups excluding carboxylic acids is 1. The number of benzene rings is 1. The number of amides is 1. The van der Waals surface area contributed by atoms with Crippen LogP contribution < -0.4 is 5.32 Å². The van der Waals surface area contributed by atoms with E-state index in [1.54, 1.807) is 0 Å². The monoisotopic (exact) mass is 258 g/mol. The van der Waals surface area contributed by atoms with Crippen molar-refractivity contribution in [2.45, 2.75) is 38.0 Å². The van der Waals surface area contributed by atoms with Gasteiger partial charge in [0.25, 0.3) is 0 Å². The summed E-state index contributed by atoms with van der Waals surface area (Å²) >= 11 is 0. The molecule has 1 aliphatic heterocycles. The quantitative estimate of drug-likeness (QED) is 0.842. The topological polar surface area (TPSA) is 32.3 Å². The number of rotatable bonds is 4. The molecule has 1 atom stereocenters. The first-order valence-corrected chi connectivity index (χ1v) is 7.42. The molecule has 1 fully saturated rings. The molecule has 1 N–H and O–H groups in total. The molecule has 0 saturated carbocycles. The number of nitrogens with zero attached hydrogens (tertiary/aromatic N) is 1. The maximum Gasteiger partial charge on any atom is 0.211 e. The Morgan fingerprint density at radius 1 is 1.26 bits per heavy atom. The summed E-state index contributed by atoms with van der Waals surface area (Å²) in [5.74, 6) is 0.654. The molecule has 1 amide bonds. The lowest BCUT2D eigenvalue weighted by Crippen LogP contribution is -2.33.